The monoisotopic (exact) mass is 363 g/mol. The van der Waals surface area contributed by atoms with Crippen molar-refractivity contribution in [1.29, 1.82) is 0 Å². The minimum Gasteiger partial charge on any atom is -0.462 e. The van der Waals surface area contributed by atoms with Crippen molar-refractivity contribution >= 4 is 11.9 Å². The van der Waals surface area contributed by atoms with Crippen LogP contribution in [0, 0.1) is 11.6 Å². The number of hydrogen-bond donors (Lipinski definition) is 1. The maximum Gasteiger partial charge on any atom is 0.341 e. The molecule has 6 nitrogen and oxygen atoms in total. The van der Waals surface area contributed by atoms with Crippen LogP contribution in [-0.4, -0.2) is 35.8 Å². The van der Waals surface area contributed by atoms with Crippen LogP contribution in [0.4, 0.5) is 14.7 Å². The third-order valence-electron chi connectivity index (χ3n) is 4.30. The molecule has 0 atom stereocenters. The molecule has 0 bridgehead atoms. The van der Waals surface area contributed by atoms with Crippen molar-refractivity contribution in [2.75, 3.05) is 25.1 Å². The minimum absolute atomic E-state index is 0.207. The Morgan fingerprint density at radius 2 is 1.96 bits per heavy atom. The fraction of sp³-hybridized carbons (Fsp3) is 0.389. The van der Waals surface area contributed by atoms with Crippen LogP contribution in [0.25, 0.3) is 0 Å². The molecular formula is C18H19F2N3O3. The Hall–Kier alpha value is -2.61. The first-order valence-corrected chi connectivity index (χ1v) is 8.35. The normalized spacial score (nSPS) is 16.1. The number of hydrogen-bond acceptors (Lipinski definition) is 6. The first-order valence-electron chi connectivity index (χ1n) is 8.35. The molecular weight excluding hydrogens is 344 g/mol. The van der Waals surface area contributed by atoms with Gasteiger partial charge in [0.25, 0.3) is 0 Å². The standard InChI is InChI=1S/C18H19F2N3O3/c1-2-26-16(24)12-10-21-17(22-11-12)23-18(5-7-25-8-6-18)14-9-13(19)3-4-15(14)20/h3-4,9-11H,2,5-8H2,1H3,(H,21,22,23). The summed E-state index contributed by atoms with van der Waals surface area (Å²) < 4.78 is 38.4. The summed E-state index contributed by atoms with van der Waals surface area (Å²) in [6.45, 7) is 2.74. The van der Waals surface area contributed by atoms with Gasteiger partial charge in [0, 0.05) is 31.2 Å². The largest absolute Gasteiger partial charge is 0.462 e. The van der Waals surface area contributed by atoms with E-state index in [9.17, 15) is 13.6 Å². The van der Waals surface area contributed by atoms with E-state index in [2.05, 4.69) is 15.3 Å². The molecule has 0 amide bonds. The van der Waals surface area contributed by atoms with Gasteiger partial charge in [-0.2, -0.15) is 0 Å². The van der Waals surface area contributed by atoms with E-state index in [0.29, 0.717) is 26.1 Å². The second-order valence-corrected chi connectivity index (χ2v) is 5.96. The maximum absolute atomic E-state index is 14.4. The van der Waals surface area contributed by atoms with E-state index in [0.717, 1.165) is 12.1 Å². The number of aromatic nitrogens is 2. The fourth-order valence-electron chi connectivity index (χ4n) is 2.97. The van der Waals surface area contributed by atoms with E-state index in [1.54, 1.807) is 6.92 Å². The van der Waals surface area contributed by atoms with Gasteiger partial charge in [0.15, 0.2) is 0 Å². The smallest absolute Gasteiger partial charge is 0.341 e. The summed E-state index contributed by atoms with van der Waals surface area (Å²) in [5.41, 5.74) is -0.468. The zero-order valence-electron chi connectivity index (χ0n) is 14.3. The fourth-order valence-corrected chi connectivity index (χ4v) is 2.97. The van der Waals surface area contributed by atoms with Crippen molar-refractivity contribution in [3.8, 4) is 0 Å². The van der Waals surface area contributed by atoms with Crippen molar-refractivity contribution in [3.05, 3.63) is 53.4 Å². The lowest BCUT2D eigenvalue weighted by Gasteiger charge is -2.38. The molecule has 0 radical (unpaired) electrons. The predicted octanol–water partition coefficient (Wildman–Crippen LogP) is 3.05. The van der Waals surface area contributed by atoms with Crippen LogP contribution < -0.4 is 5.32 Å². The Morgan fingerprint density at radius 1 is 1.27 bits per heavy atom. The number of rotatable bonds is 5. The highest BCUT2D eigenvalue weighted by molar-refractivity contribution is 5.88. The van der Waals surface area contributed by atoms with Crippen LogP contribution in [0.15, 0.2) is 30.6 Å². The quantitative estimate of drug-likeness (QED) is 0.823. The number of nitrogens with one attached hydrogen (secondary N) is 1. The number of halogens is 2. The van der Waals surface area contributed by atoms with Gasteiger partial charge in [0.05, 0.1) is 17.7 Å². The lowest BCUT2D eigenvalue weighted by molar-refractivity contribution is 0.0525. The Morgan fingerprint density at radius 3 is 2.62 bits per heavy atom. The van der Waals surface area contributed by atoms with Crippen LogP contribution in [0.5, 0.6) is 0 Å². The van der Waals surface area contributed by atoms with E-state index in [-0.39, 0.29) is 23.7 Å². The van der Waals surface area contributed by atoms with Gasteiger partial charge >= 0.3 is 5.97 Å². The first-order chi connectivity index (χ1) is 12.5. The van der Waals surface area contributed by atoms with Gasteiger partial charge in [0.1, 0.15) is 11.6 Å². The molecule has 0 spiro atoms. The lowest BCUT2D eigenvalue weighted by Crippen LogP contribution is -2.42. The number of esters is 1. The second-order valence-electron chi connectivity index (χ2n) is 5.96. The molecule has 1 aromatic heterocycles. The first kappa shape index (κ1) is 18.2. The third kappa shape index (κ3) is 3.80. The summed E-state index contributed by atoms with van der Waals surface area (Å²) in [6, 6.07) is 3.37. The SMILES string of the molecule is CCOC(=O)c1cnc(NC2(c3cc(F)ccc3F)CCOCC2)nc1. The van der Waals surface area contributed by atoms with Crippen LogP contribution >= 0.6 is 0 Å². The van der Waals surface area contributed by atoms with Crippen molar-refractivity contribution in [2.24, 2.45) is 0 Å². The van der Waals surface area contributed by atoms with Crippen LogP contribution in [0.1, 0.15) is 35.7 Å². The second kappa shape index (κ2) is 7.74. The molecule has 0 saturated carbocycles. The van der Waals surface area contributed by atoms with Crippen LogP contribution in [0.2, 0.25) is 0 Å². The van der Waals surface area contributed by atoms with E-state index >= 15 is 0 Å². The molecule has 1 aliphatic rings. The number of carbonyl (C=O) groups is 1. The number of benzene rings is 1. The van der Waals surface area contributed by atoms with Gasteiger partial charge in [-0.15, -0.1) is 0 Å². The summed E-state index contributed by atoms with van der Waals surface area (Å²) in [4.78, 5) is 19.9. The molecule has 2 heterocycles. The molecule has 138 valence electrons. The highest BCUT2D eigenvalue weighted by atomic mass is 19.1. The molecule has 3 rings (SSSR count). The molecule has 1 saturated heterocycles. The van der Waals surface area contributed by atoms with Crippen molar-refractivity contribution < 1.29 is 23.0 Å². The average molecular weight is 363 g/mol. The summed E-state index contributed by atoms with van der Waals surface area (Å²) in [5, 5.41) is 3.12. The predicted molar refractivity (Wildman–Crippen MR) is 89.7 cm³/mol. The number of anilines is 1. The Balaban J connectivity index is 1.90. The van der Waals surface area contributed by atoms with Crippen molar-refractivity contribution in [3.63, 3.8) is 0 Å². The highest BCUT2D eigenvalue weighted by Gasteiger charge is 2.37. The van der Waals surface area contributed by atoms with E-state index in [1.165, 1.54) is 18.5 Å². The van der Waals surface area contributed by atoms with E-state index in [4.69, 9.17) is 9.47 Å². The number of ether oxygens (including phenoxy) is 2. The van der Waals surface area contributed by atoms with Crippen LogP contribution in [-0.2, 0) is 15.0 Å². The number of carbonyl (C=O) groups excluding carboxylic acids is 1. The van der Waals surface area contributed by atoms with E-state index in [1.807, 2.05) is 0 Å². The molecule has 1 N–H and O–H groups in total. The molecule has 0 unspecified atom stereocenters. The maximum atomic E-state index is 14.4. The molecule has 2 aromatic rings. The molecule has 26 heavy (non-hydrogen) atoms. The summed E-state index contributed by atoms with van der Waals surface area (Å²) in [5.74, 6) is -1.34. The summed E-state index contributed by atoms with van der Waals surface area (Å²) in [6.07, 6.45) is 3.53. The van der Waals surface area contributed by atoms with Crippen molar-refractivity contribution in [2.45, 2.75) is 25.3 Å². The molecule has 1 fully saturated rings. The summed E-state index contributed by atoms with van der Waals surface area (Å²) in [7, 11) is 0. The Kier molecular flexibility index (Phi) is 5.41. The Bertz CT molecular complexity index is 778. The van der Waals surface area contributed by atoms with Gasteiger partial charge in [-0.25, -0.2) is 23.5 Å². The van der Waals surface area contributed by atoms with Gasteiger partial charge in [-0.05, 0) is 38.0 Å². The number of nitrogens with zero attached hydrogens (tertiary/aromatic N) is 2. The zero-order chi connectivity index (χ0) is 18.6. The third-order valence-corrected chi connectivity index (χ3v) is 4.30. The van der Waals surface area contributed by atoms with E-state index < -0.39 is 23.1 Å². The Labute approximate surface area is 149 Å². The van der Waals surface area contributed by atoms with Gasteiger partial charge in [-0.3, -0.25) is 0 Å². The molecule has 1 aromatic carbocycles. The zero-order valence-corrected chi connectivity index (χ0v) is 14.3. The average Bonchev–Trinajstić information content (AvgIpc) is 2.65. The molecule has 0 aliphatic carbocycles. The van der Waals surface area contributed by atoms with Gasteiger partial charge in [0.2, 0.25) is 5.95 Å². The summed E-state index contributed by atoms with van der Waals surface area (Å²) >= 11 is 0. The molecule has 8 heteroatoms. The topological polar surface area (TPSA) is 73.3 Å². The van der Waals surface area contributed by atoms with Crippen molar-refractivity contribution in [1.82, 2.24) is 9.97 Å². The molecule has 1 aliphatic heterocycles. The van der Waals surface area contributed by atoms with Crippen LogP contribution in [0.3, 0.4) is 0 Å². The minimum atomic E-state index is -0.893. The van der Waals surface area contributed by atoms with Gasteiger partial charge in [-0.1, -0.05) is 0 Å². The highest BCUT2D eigenvalue weighted by Crippen LogP contribution is 2.36. The van der Waals surface area contributed by atoms with Gasteiger partial charge < -0.3 is 14.8 Å². The lowest BCUT2D eigenvalue weighted by atomic mass is 9.82.